The molecule has 0 aromatic heterocycles. The fraction of sp³-hybridized carbons (Fsp3) is 1.00. The van der Waals surface area contributed by atoms with E-state index in [4.69, 9.17) is 0 Å². The molecule has 1 N–H and O–H groups in total. The van der Waals surface area contributed by atoms with Gasteiger partial charge in [0.2, 0.25) is 0 Å². The quantitative estimate of drug-likeness (QED) is 0.850. The molecule has 0 bridgehead atoms. The Balaban J connectivity index is 0.00000128. The van der Waals surface area contributed by atoms with Crippen LogP contribution in [0.2, 0.25) is 0 Å². The van der Waals surface area contributed by atoms with E-state index in [0.29, 0.717) is 5.75 Å². The second-order valence-corrected chi connectivity index (χ2v) is 7.21. The molecule has 1 unspecified atom stereocenters. The van der Waals surface area contributed by atoms with Crippen LogP contribution in [0.3, 0.4) is 0 Å². The topological polar surface area (TPSA) is 46.2 Å². The van der Waals surface area contributed by atoms with Crippen molar-refractivity contribution in [3.8, 4) is 0 Å². The molecule has 0 aromatic carbocycles. The van der Waals surface area contributed by atoms with Crippen molar-refractivity contribution in [2.24, 2.45) is 0 Å². The second kappa shape index (κ2) is 6.22. The molecule has 0 amide bonds. The summed E-state index contributed by atoms with van der Waals surface area (Å²) in [4.78, 5) is 0. The number of hydrogen-bond acceptors (Lipinski definition) is 3. The smallest absolute Gasteiger partial charge is 0.154 e. The summed E-state index contributed by atoms with van der Waals surface area (Å²) < 4.78 is 24.2. The van der Waals surface area contributed by atoms with Crippen LogP contribution in [0.25, 0.3) is 0 Å². The summed E-state index contributed by atoms with van der Waals surface area (Å²) in [5.74, 6) is 0.373. The number of rotatable bonds is 3. The highest BCUT2D eigenvalue weighted by Crippen LogP contribution is 2.25. The van der Waals surface area contributed by atoms with Crippen molar-refractivity contribution >= 4 is 22.2 Å². The van der Waals surface area contributed by atoms with Gasteiger partial charge in [-0.15, -0.1) is 12.4 Å². The number of halogens is 1. The molecule has 0 radical (unpaired) electrons. The lowest BCUT2D eigenvalue weighted by Crippen LogP contribution is -2.35. The van der Waals surface area contributed by atoms with Crippen LogP contribution in [0.15, 0.2) is 0 Å². The maximum absolute atomic E-state index is 12.1. The molecule has 1 aliphatic carbocycles. The molecule has 5 heteroatoms. The number of sulfone groups is 1. The summed E-state index contributed by atoms with van der Waals surface area (Å²) in [5, 5.41) is 3.24. The van der Waals surface area contributed by atoms with E-state index in [1.54, 1.807) is 0 Å². The maximum Gasteiger partial charge on any atom is 0.154 e. The van der Waals surface area contributed by atoms with Crippen molar-refractivity contribution in [1.82, 2.24) is 5.32 Å². The van der Waals surface area contributed by atoms with E-state index in [0.717, 1.165) is 45.1 Å². The molecule has 16 heavy (non-hydrogen) atoms. The van der Waals surface area contributed by atoms with Gasteiger partial charge >= 0.3 is 0 Å². The van der Waals surface area contributed by atoms with Crippen molar-refractivity contribution < 1.29 is 8.42 Å². The van der Waals surface area contributed by atoms with Gasteiger partial charge in [-0.3, -0.25) is 0 Å². The summed E-state index contributed by atoms with van der Waals surface area (Å²) in [6.45, 7) is 0.991. The van der Waals surface area contributed by atoms with E-state index in [9.17, 15) is 8.42 Å². The highest BCUT2D eigenvalue weighted by atomic mass is 35.5. The first kappa shape index (κ1) is 14.3. The van der Waals surface area contributed by atoms with Crippen molar-refractivity contribution in [3.05, 3.63) is 0 Å². The molecule has 1 saturated carbocycles. The summed E-state index contributed by atoms with van der Waals surface area (Å²) >= 11 is 0. The molecular formula is C11H22ClNO2S. The van der Waals surface area contributed by atoms with E-state index >= 15 is 0 Å². The van der Waals surface area contributed by atoms with Crippen LogP contribution in [0.4, 0.5) is 0 Å². The highest BCUT2D eigenvalue weighted by Gasteiger charge is 2.30. The Morgan fingerprint density at radius 1 is 1.00 bits per heavy atom. The summed E-state index contributed by atoms with van der Waals surface area (Å²) in [7, 11) is -2.83. The van der Waals surface area contributed by atoms with E-state index in [1.165, 1.54) is 6.42 Å². The van der Waals surface area contributed by atoms with Crippen LogP contribution in [0, 0.1) is 0 Å². The van der Waals surface area contributed by atoms with E-state index in [-0.39, 0.29) is 23.7 Å². The zero-order valence-electron chi connectivity index (χ0n) is 9.65. The molecule has 1 saturated heterocycles. The predicted octanol–water partition coefficient (Wildman–Crippen LogP) is 1.91. The lowest BCUT2D eigenvalue weighted by Gasteiger charge is -2.23. The largest absolute Gasteiger partial charge is 0.313 e. The third-order valence-corrected chi connectivity index (χ3v) is 6.01. The van der Waals surface area contributed by atoms with Gasteiger partial charge in [0.1, 0.15) is 0 Å². The summed E-state index contributed by atoms with van der Waals surface area (Å²) in [6.07, 6.45) is 7.37. The average Bonchev–Trinajstić information content (AvgIpc) is 2.71. The SMILES string of the molecule is Cl.O=S(=O)(CC1CCCN1)C1CCCCC1. The molecule has 0 spiro atoms. The zero-order chi connectivity index (χ0) is 10.7. The van der Waals surface area contributed by atoms with Gasteiger partial charge in [-0.25, -0.2) is 8.42 Å². The van der Waals surface area contributed by atoms with Crippen LogP contribution in [0.5, 0.6) is 0 Å². The Labute approximate surface area is 105 Å². The average molecular weight is 268 g/mol. The van der Waals surface area contributed by atoms with Crippen LogP contribution in [0.1, 0.15) is 44.9 Å². The molecule has 1 atom stereocenters. The van der Waals surface area contributed by atoms with E-state index in [1.807, 2.05) is 0 Å². The first-order valence-corrected chi connectivity index (χ1v) is 7.85. The Hall–Kier alpha value is 0.200. The first-order valence-electron chi connectivity index (χ1n) is 6.13. The minimum atomic E-state index is -2.83. The third kappa shape index (κ3) is 3.60. The zero-order valence-corrected chi connectivity index (χ0v) is 11.3. The standard InChI is InChI=1S/C11H21NO2S.ClH/c13-15(14,9-10-5-4-8-12-10)11-6-2-1-3-7-11;/h10-12H,1-9H2;1H. The highest BCUT2D eigenvalue weighted by molar-refractivity contribution is 7.92. The monoisotopic (exact) mass is 267 g/mol. The molecule has 2 rings (SSSR count). The van der Waals surface area contributed by atoms with Crippen molar-refractivity contribution in [3.63, 3.8) is 0 Å². The summed E-state index contributed by atoms with van der Waals surface area (Å²) in [5.41, 5.74) is 0. The lowest BCUT2D eigenvalue weighted by molar-refractivity contribution is 0.479. The molecule has 3 nitrogen and oxygen atoms in total. The Kier molecular flexibility index (Phi) is 5.54. The molecular weight excluding hydrogens is 246 g/mol. The normalized spacial score (nSPS) is 27.6. The Bertz CT molecular complexity index is 293. The summed E-state index contributed by atoms with van der Waals surface area (Å²) in [6, 6.07) is 0.233. The van der Waals surface area contributed by atoms with Gasteiger partial charge in [0, 0.05) is 6.04 Å². The van der Waals surface area contributed by atoms with Crippen molar-refractivity contribution in [2.45, 2.75) is 56.2 Å². The lowest BCUT2D eigenvalue weighted by atomic mass is 10.0. The fourth-order valence-electron chi connectivity index (χ4n) is 2.74. The molecule has 2 aliphatic rings. The minimum Gasteiger partial charge on any atom is -0.313 e. The Morgan fingerprint density at radius 2 is 1.69 bits per heavy atom. The molecule has 0 aromatic rings. The van der Waals surface area contributed by atoms with Gasteiger partial charge in [0.25, 0.3) is 0 Å². The number of nitrogens with one attached hydrogen (secondary N) is 1. The van der Waals surface area contributed by atoms with Crippen LogP contribution < -0.4 is 5.32 Å². The van der Waals surface area contributed by atoms with Gasteiger partial charge in [0.15, 0.2) is 9.84 Å². The first-order chi connectivity index (χ1) is 7.18. The van der Waals surface area contributed by atoms with E-state index < -0.39 is 9.84 Å². The van der Waals surface area contributed by atoms with Gasteiger partial charge in [-0.2, -0.15) is 0 Å². The van der Waals surface area contributed by atoms with Crippen LogP contribution in [-0.2, 0) is 9.84 Å². The Morgan fingerprint density at radius 3 is 2.25 bits per heavy atom. The minimum absolute atomic E-state index is 0. The van der Waals surface area contributed by atoms with Crippen molar-refractivity contribution in [1.29, 1.82) is 0 Å². The van der Waals surface area contributed by atoms with Gasteiger partial charge in [0.05, 0.1) is 11.0 Å². The van der Waals surface area contributed by atoms with Crippen LogP contribution >= 0.6 is 12.4 Å². The maximum atomic E-state index is 12.1. The van der Waals surface area contributed by atoms with Crippen molar-refractivity contribution in [2.75, 3.05) is 12.3 Å². The molecule has 1 heterocycles. The fourth-order valence-corrected chi connectivity index (χ4v) is 4.91. The second-order valence-electron chi connectivity index (χ2n) is 4.88. The van der Waals surface area contributed by atoms with Gasteiger partial charge in [-0.1, -0.05) is 19.3 Å². The van der Waals surface area contributed by atoms with Crippen LogP contribution in [-0.4, -0.2) is 32.0 Å². The predicted molar refractivity (Wildman–Crippen MR) is 68.9 cm³/mol. The number of hydrogen-bond donors (Lipinski definition) is 1. The molecule has 96 valence electrons. The molecule has 2 fully saturated rings. The van der Waals surface area contributed by atoms with Gasteiger partial charge < -0.3 is 5.32 Å². The molecule has 1 aliphatic heterocycles. The van der Waals surface area contributed by atoms with Gasteiger partial charge in [-0.05, 0) is 32.2 Å². The third-order valence-electron chi connectivity index (χ3n) is 3.66. The van der Waals surface area contributed by atoms with E-state index in [2.05, 4.69) is 5.32 Å².